The van der Waals surface area contributed by atoms with E-state index >= 15 is 0 Å². The first-order valence-corrected chi connectivity index (χ1v) is 17.7. The van der Waals surface area contributed by atoms with Gasteiger partial charge in [0.1, 0.15) is 11.4 Å². The maximum absolute atomic E-state index is 12.5. The zero-order valence-corrected chi connectivity index (χ0v) is 27.4. The number of imidazole rings is 1. The Morgan fingerprint density at radius 1 is 0.930 bits per heavy atom. The molecular formula is C36H57N5O2. The van der Waals surface area contributed by atoms with Gasteiger partial charge in [0.05, 0.1) is 24.1 Å². The van der Waals surface area contributed by atoms with Crippen LogP contribution in [0.5, 0.6) is 0 Å². The molecule has 2 aromatic rings. The van der Waals surface area contributed by atoms with Crippen molar-refractivity contribution >= 4 is 17.0 Å². The largest absolute Gasteiger partial charge is 0.459 e. The van der Waals surface area contributed by atoms with Gasteiger partial charge < -0.3 is 14.6 Å². The van der Waals surface area contributed by atoms with Crippen LogP contribution in [0.25, 0.3) is 11.0 Å². The molecule has 2 aliphatic heterocycles. The van der Waals surface area contributed by atoms with Gasteiger partial charge in [0.25, 0.3) is 0 Å². The SMILES string of the molecule is CCCN(CCNCc1nc2ccccc2n1[C@H]1C[C@H]2CCC[C@@H](C1)N2[C@H]1C[C@@H]2CCC[C@@H](C2)C1)CC(=O)OC(C)(C)C. The third-order valence-corrected chi connectivity index (χ3v) is 10.8. The summed E-state index contributed by atoms with van der Waals surface area (Å²) < 4.78 is 8.20. The van der Waals surface area contributed by atoms with Crippen molar-refractivity contribution in [2.45, 2.75) is 141 Å². The van der Waals surface area contributed by atoms with Gasteiger partial charge >= 0.3 is 5.97 Å². The maximum atomic E-state index is 12.5. The highest BCUT2D eigenvalue weighted by Crippen LogP contribution is 2.48. The molecule has 2 saturated carbocycles. The van der Waals surface area contributed by atoms with Crippen molar-refractivity contribution in [2.75, 3.05) is 26.2 Å². The highest BCUT2D eigenvalue weighted by atomic mass is 16.6. The molecule has 0 spiro atoms. The van der Waals surface area contributed by atoms with Gasteiger partial charge in [-0.25, -0.2) is 4.98 Å². The van der Waals surface area contributed by atoms with Crippen molar-refractivity contribution in [1.82, 2.24) is 24.7 Å². The highest BCUT2D eigenvalue weighted by Gasteiger charge is 2.45. The van der Waals surface area contributed by atoms with Gasteiger partial charge in [0, 0.05) is 37.3 Å². The molecule has 4 aliphatic rings. The van der Waals surface area contributed by atoms with Gasteiger partial charge in [-0.3, -0.25) is 14.6 Å². The van der Waals surface area contributed by atoms with E-state index in [1.54, 1.807) is 0 Å². The van der Waals surface area contributed by atoms with E-state index in [2.05, 4.69) is 50.9 Å². The summed E-state index contributed by atoms with van der Waals surface area (Å²) in [5.74, 6) is 3.00. The van der Waals surface area contributed by atoms with Crippen LogP contribution in [-0.2, 0) is 16.1 Å². The molecule has 4 bridgehead atoms. The molecule has 4 fully saturated rings. The second-order valence-corrected chi connectivity index (χ2v) is 15.3. The number of hydrogen-bond acceptors (Lipinski definition) is 6. The van der Waals surface area contributed by atoms with Crippen LogP contribution in [0.4, 0.5) is 0 Å². The van der Waals surface area contributed by atoms with Crippen LogP contribution < -0.4 is 5.32 Å². The summed E-state index contributed by atoms with van der Waals surface area (Å²) in [6.45, 7) is 11.6. The minimum atomic E-state index is -0.448. The van der Waals surface area contributed by atoms with Crippen LogP contribution in [0.2, 0.25) is 0 Å². The number of carbonyl (C=O) groups is 1. The number of para-hydroxylation sites is 2. The van der Waals surface area contributed by atoms with E-state index in [-0.39, 0.29) is 5.97 Å². The molecule has 2 aliphatic carbocycles. The average Bonchev–Trinajstić information content (AvgIpc) is 3.31. The van der Waals surface area contributed by atoms with Crippen LogP contribution >= 0.6 is 0 Å². The quantitative estimate of drug-likeness (QED) is 0.232. The smallest absolute Gasteiger partial charge is 0.320 e. The summed E-state index contributed by atoms with van der Waals surface area (Å²) in [4.78, 5) is 22.9. The molecule has 7 nitrogen and oxygen atoms in total. The van der Waals surface area contributed by atoms with Gasteiger partial charge in [0.2, 0.25) is 0 Å². The molecule has 6 rings (SSSR count). The minimum Gasteiger partial charge on any atom is -0.459 e. The number of nitrogens with one attached hydrogen (secondary N) is 1. The van der Waals surface area contributed by atoms with Crippen molar-refractivity contribution in [3.05, 3.63) is 30.1 Å². The molecule has 238 valence electrons. The Bertz CT molecular complexity index is 1190. The molecule has 1 N–H and O–H groups in total. The normalized spacial score (nSPS) is 29.7. The Morgan fingerprint density at radius 3 is 2.33 bits per heavy atom. The van der Waals surface area contributed by atoms with Crippen molar-refractivity contribution in [3.63, 3.8) is 0 Å². The number of benzene rings is 1. The first-order valence-electron chi connectivity index (χ1n) is 17.7. The molecule has 7 heteroatoms. The summed E-state index contributed by atoms with van der Waals surface area (Å²) in [6.07, 6.45) is 16.5. The fraction of sp³-hybridized carbons (Fsp3) is 0.778. The third-order valence-electron chi connectivity index (χ3n) is 10.8. The van der Waals surface area contributed by atoms with E-state index in [9.17, 15) is 4.79 Å². The fourth-order valence-corrected chi connectivity index (χ4v) is 9.34. The Hall–Kier alpha value is -1.96. The van der Waals surface area contributed by atoms with E-state index in [0.29, 0.717) is 12.6 Å². The van der Waals surface area contributed by atoms with Crippen molar-refractivity contribution in [2.24, 2.45) is 11.8 Å². The molecule has 1 aromatic carbocycles. The topological polar surface area (TPSA) is 62.6 Å². The van der Waals surface area contributed by atoms with Crippen LogP contribution in [0, 0.1) is 11.8 Å². The zero-order valence-electron chi connectivity index (χ0n) is 27.4. The molecule has 3 heterocycles. The number of rotatable bonds is 11. The molecule has 0 radical (unpaired) electrons. The zero-order chi connectivity index (χ0) is 30.0. The van der Waals surface area contributed by atoms with E-state index in [0.717, 1.165) is 68.1 Å². The average molecular weight is 592 g/mol. The lowest BCUT2D eigenvalue weighted by molar-refractivity contribution is -0.156. The van der Waals surface area contributed by atoms with Gasteiger partial charge in [-0.2, -0.15) is 0 Å². The van der Waals surface area contributed by atoms with Crippen molar-refractivity contribution < 1.29 is 9.53 Å². The van der Waals surface area contributed by atoms with E-state index < -0.39 is 5.60 Å². The summed E-state index contributed by atoms with van der Waals surface area (Å²) in [7, 11) is 0. The molecular weight excluding hydrogens is 534 g/mol. The lowest BCUT2D eigenvalue weighted by Gasteiger charge is -2.55. The number of fused-ring (bicyclic) bond motifs is 5. The summed E-state index contributed by atoms with van der Waals surface area (Å²) >= 11 is 0. The van der Waals surface area contributed by atoms with Gasteiger partial charge in [-0.05, 0) is 103 Å². The second kappa shape index (κ2) is 13.6. The standard InChI is InChI=1S/C36H57N5O2/c1-5-17-39(25-35(42)43-36(2,3)4)18-16-37-24-34-38-32-14-6-7-15-33(32)41(34)31-22-28-12-9-13-29(23-31)40(28)30-20-26-10-8-11-27(19-26)21-30/h6-7,14-15,26-31,37H,5,8-13,16-25H2,1-4H3/t26-,27+,28-,29+,30+,31+. The monoisotopic (exact) mass is 591 g/mol. The first kappa shape index (κ1) is 31.0. The van der Waals surface area contributed by atoms with Crippen LogP contribution in [0.3, 0.4) is 0 Å². The van der Waals surface area contributed by atoms with Gasteiger partial charge in [-0.15, -0.1) is 0 Å². The predicted octanol–water partition coefficient (Wildman–Crippen LogP) is 6.71. The molecule has 0 amide bonds. The lowest BCUT2D eigenvalue weighted by Crippen LogP contribution is -2.58. The predicted molar refractivity (Wildman–Crippen MR) is 174 cm³/mol. The maximum Gasteiger partial charge on any atom is 0.320 e. The molecule has 0 unspecified atom stereocenters. The highest BCUT2D eigenvalue weighted by molar-refractivity contribution is 5.76. The minimum absolute atomic E-state index is 0.143. The van der Waals surface area contributed by atoms with Crippen LogP contribution in [-0.4, -0.2) is 75.2 Å². The molecule has 43 heavy (non-hydrogen) atoms. The second-order valence-electron chi connectivity index (χ2n) is 15.3. The van der Waals surface area contributed by atoms with Crippen LogP contribution in [0.15, 0.2) is 24.3 Å². The number of carbonyl (C=O) groups excluding carboxylic acids is 1. The van der Waals surface area contributed by atoms with Crippen molar-refractivity contribution in [1.29, 1.82) is 0 Å². The molecule has 6 atom stereocenters. The fourth-order valence-electron chi connectivity index (χ4n) is 9.34. The molecule has 2 saturated heterocycles. The summed E-state index contributed by atoms with van der Waals surface area (Å²) in [6, 6.07) is 11.5. The Balaban J connectivity index is 1.12. The summed E-state index contributed by atoms with van der Waals surface area (Å²) in [5.41, 5.74) is 1.96. The number of nitrogens with zero attached hydrogens (tertiary/aromatic N) is 4. The Kier molecular flexibility index (Phi) is 9.80. The van der Waals surface area contributed by atoms with E-state index in [1.807, 2.05) is 20.8 Å². The Morgan fingerprint density at radius 2 is 1.63 bits per heavy atom. The number of aromatic nitrogens is 2. The number of ether oxygens (including phenoxy) is 1. The summed E-state index contributed by atoms with van der Waals surface area (Å²) in [5, 5.41) is 3.70. The Labute approximate surface area is 260 Å². The third kappa shape index (κ3) is 7.48. The van der Waals surface area contributed by atoms with Gasteiger partial charge in [-0.1, -0.05) is 44.7 Å². The van der Waals surface area contributed by atoms with E-state index in [1.165, 1.54) is 82.0 Å². The molecule has 1 aromatic heterocycles. The number of piperidine rings is 2. The van der Waals surface area contributed by atoms with E-state index in [4.69, 9.17) is 9.72 Å². The number of hydrogen-bond donors (Lipinski definition) is 1. The first-order chi connectivity index (χ1) is 20.8. The van der Waals surface area contributed by atoms with Crippen molar-refractivity contribution in [3.8, 4) is 0 Å². The van der Waals surface area contributed by atoms with Crippen LogP contribution in [0.1, 0.15) is 117 Å². The van der Waals surface area contributed by atoms with Gasteiger partial charge in [0.15, 0.2) is 0 Å². The number of esters is 1. The lowest BCUT2D eigenvalue weighted by atomic mass is 9.68.